The third kappa shape index (κ3) is 2.04. The first-order chi connectivity index (χ1) is 8.74. The van der Waals surface area contributed by atoms with Crippen molar-refractivity contribution in [3.63, 3.8) is 0 Å². The molecule has 2 rings (SSSR count). The molecule has 0 heteroatoms. The van der Waals surface area contributed by atoms with Crippen molar-refractivity contribution in [1.29, 1.82) is 0 Å². The molecule has 2 saturated carbocycles. The van der Waals surface area contributed by atoms with Crippen molar-refractivity contribution in [3.8, 4) is 0 Å². The van der Waals surface area contributed by atoms with E-state index in [-0.39, 0.29) is 0 Å². The van der Waals surface area contributed by atoms with Crippen LogP contribution in [0, 0.1) is 29.1 Å². The van der Waals surface area contributed by atoms with E-state index in [4.69, 9.17) is 0 Å². The molecule has 0 aromatic carbocycles. The van der Waals surface area contributed by atoms with E-state index in [2.05, 4.69) is 27.7 Å². The first kappa shape index (κ1) is 14.4. The Bertz CT molecular complexity index is 253. The standard InChI is InChI=1S/C18H34/c1-5-9-17-14(6-2)10-11-15(7-3)18(17)13-12-16(18)8-4/h14-17H,5-13H2,1-4H3. The zero-order valence-corrected chi connectivity index (χ0v) is 13.2. The molecule has 5 atom stereocenters. The smallest absolute Gasteiger partial charge is 0.0210 e. The quantitative estimate of drug-likeness (QED) is 0.556. The Balaban J connectivity index is 2.26. The zero-order valence-electron chi connectivity index (χ0n) is 13.2. The molecule has 2 fully saturated rings. The molecular formula is C18H34. The molecule has 106 valence electrons. The molecule has 0 aliphatic heterocycles. The summed E-state index contributed by atoms with van der Waals surface area (Å²) in [5.41, 5.74) is 0.776. The maximum absolute atomic E-state index is 2.45. The Morgan fingerprint density at radius 1 is 0.833 bits per heavy atom. The van der Waals surface area contributed by atoms with Crippen LogP contribution >= 0.6 is 0 Å². The molecule has 0 saturated heterocycles. The first-order valence-electron chi connectivity index (χ1n) is 8.74. The molecule has 0 N–H and O–H groups in total. The van der Waals surface area contributed by atoms with E-state index in [0.717, 1.165) is 29.1 Å². The van der Waals surface area contributed by atoms with Crippen LogP contribution in [0.15, 0.2) is 0 Å². The van der Waals surface area contributed by atoms with Gasteiger partial charge in [-0.2, -0.15) is 0 Å². The Morgan fingerprint density at radius 2 is 1.50 bits per heavy atom. The summed E-state index contributed by atoms with van der Waals surface area (Å²) in [5.74, 6) is 4.22. The van der Waals surface area contributed by atoms with Crippen LogP contribution in [-0.4, -0.2) is 0 Å². The highest BCUT2D eigenvalue weighted by Crippen LogP contribution is 2.65. The van der Waals surface area contributed by atoms with Crippen LogP contribution in [-0.2, 0) is 0 Å². The SMILES string of the molecule is CCCC1C(CC)CCC(CC)C12CCC2CC. The van der Waals surface area contributed by atoms with Gasteiger partial charge in [-0.05, 0) is 61.2 Å². The van der Waals surface area contributed by atoms with Gasteiger partial charge in [0.25, 0.3) is 0 Å². The second-order valence-corrected chi connectivity index (χ2v) is 7.00. The number of hydrogen-bond donors (Lipinski definition) is 0. The van der Waals surface area contributed by atoms with Gasteiger partial charge in [-0.15, -0.1) is 0 Å². The van der Waals surface area contributed by atoms with E-state index < -0.39 is 0 Å². The van der Waals surface area contributed by atoms with Crippen LogP contribution in [0.3, 0.4) is 0 Å². The lowest BCUT2D eigenvalue weighted by Gasteiger charge is -2.63. The molecule has 2 aliphatic carbocycles. The summed E-state index contributed by atoms with van der Waals surface area (Å²) in [6.07, 6.45) is 13.4. The van der Waals surface area contributed by atoms with Crippen molar-refractivity contribution in [1.82, 2.24) is 0 Å². The van der Waals surface area contributed by atoms with Gasteiger partial charge in [0.2, 0.25) is 0 Å². The van der Waals surface area contributed by atoms with E-state index in [0.29, 0.717) is 0 Å². The molecule has 0 radical (unpaired) electrons. The summed E-state index contributed by atoms with van der Waals surface area (Å²) in [6, 6.07) is 0. The summed E-state index contributed by atoms with van der Waals surface area (Å²) in [5, 5.41) is 0. The van der Waals surface area contributed by atoms with Gasteiger partial charge in [-0.3, -0.25) is 0 Å². The Kier molecular flexibility index (Phi) is 4.78. The van der Waals surface area contributed by atoms with Gasteiger partial charge in [0, 0.05) is 0 Å². The molecule has 0 amide bonds. The fourth-order valence-electron chi connectivity index (χ4n) is 5.81. The summed E-state index contributed by atoms with van der Waals surface area (Å²) < 4.78 is 0. The summed E-state index contributed by atoms with van der Waals surface area (Å²) in [4.78, 5) is 0. The summed E-state index contributed by atoms with van der Waals surface area (Å²) >= 11 is 0. The molecule has 0 aromatic rings. The van der Waals surface area contributed by atoms with Crippen molar-refractivity contribution < 1.29 is 0 Å². The highest BCUT2D eigenvalue weighted by Gasteiger charge is 2.57. The third-order valence-electron chi connectivity index (χ3n) is 6.70. The molecule has 0 heterocycles. The predicted molar refractivity (Wildman–Crippen MR) is 80.6 cm³/mol. The minimum Gasteiger partial charge on any atom is -0.0654 e. The van der Waals surface area contributed by atoms with E-state index in [9.17, 15) is 0 Å². The molecule has 0 aromatic heterocycles. The Labute approximate surface area is 115 Å². The fourth-order valence-corrected chi connectivity index (χ4v) is 5.81. The third-order valence-corrected chi connectivity index (χ3v) is 6.70. The maximum atomic E-state index is 2.45. The van der Waals surface area contributed by atoms with E-state index >= 15 is 0 Å². The Morgan fingerprint density at radius 3 is 1.94 bits per heavy atom. The lowest BCUT2D eigenvalue weighted by atomic mass is 9.42. The highest BCUT2D eigenvalue weighted by atomic mass is 14.6. The Hall–Kier alpha value is 0. The molecular weight excluding hydrogens is 216 g/mol. The van der Waals surface area contributed by atoms with Crippen molar-refractivity contribution in [2.45, 2.75) is 85.5 Å². The topological polar surface area (TPSA) is 0 Å². The largest absolute Gasteiger partial charge is 0.0654 e. The van der Waals surface area contributed by atoms with E-state index in [1.165, 1.54) is 51.4 Å². The van der Waals surface area contributed by atoms with Gasteiger partial charge in [0.1, 0.15) is 0 Å². The minimum absolute atomic E-state index is 0.776. The average molecular weight is 250 g/mol. The second kappa shape index (κ2) is 5.97. The van der Waals surface area contributed by atoms with Crippen LogP contribution in [0.5, 0.6) is 0 Å². The molecule has 5 unspecified atom stereocenters. The van der Waals surface area contributed by atoms with Gasteiger partial charge in [-0.1, -0.05) is 53.4 Å². The van der Waals surface area contributed by atoms with Gasteiger partial charge in [0.05, 0.1) is 0 Å². The minimum atomic E-state index is 0.776. The average Bonchev–Trinajstić information content (AvgIpc) is 2.37. The van der Waals surface area contributed by atoms with Crippen molar-refractivity contribution in [2.75, 3.05) is 0 Å². The van der Waals surface area contributed by atoms with Crippen molar-refractivity contribution in [2.24, 2.45) is 29.1 Å². The second-order valence-electron chi connectivity index (χ2n) is 7.00. The number of rotatable bonds is 5. The molecule has 1 spiro atoms. The first-order valence-corrected chi connectivity index (χ1v) is 8.74. The van der Waals surface area contributed by atoms with Crippen LogP contribution in [0.4, 0.5) is 0 Å². The normalized spacial score (nSPS) is 44.0. The molecule has 0 bridgehead atoms. The lowest BCUT2D eigenvalue weighted by molar-refractivity contribution is -0.141. The molecule has 18 heavy (non-hydrogen) atoms. The monoisotopic (exact) mass is 250 g/mol. The van der Waals surface area contributed by atoms with Crippen LogP contribution in [0.25, 0.3) is 0 Å². The van der Waals surface area contributed by atoms with E-state index in [1.54, 1.807) is 6.42 Å². The van der Waals surface area contributed by atoms with Gasteiger partial charge >= 0.3 is 0 Å². The summed E-state index contributed by atoms with van der Waals surface area (Å²) in [7, 11) is 0. The molecule has 2 aliphatic rings. The van der Waals surface area contributed by atoms with Gasteiger partial charge < -0.3 is 0 Å². The van der Waals surface area contributed by atoms with Crippen LogP contribution < -0.4 is 0 Å². The van der Waals surface area contributed by atoms with Crippen LogP contribution in [0.1, 0.15) is 85.5 Å². The van der Waals surface area contributed by atoms with Gasteiger partial charge in [0.15, 0.2) is 0 Å². The highest BCUT2D eigenvalue weighted by molar-refractivity contribution is 5.06. The summed E-state index contributed by atoms with van der Waals surface area (Å²) in [6.45, 7) is 9.73. The lowest BCUT2D eigenvalue weighted by Crippen LogP contribution is -2.55. The molecule has 0 nitrogen and oxygen atoms in total. The zero-order chi connectivity index (χ0) is 13.2. The van der Waals surface area contributed by atoms with Gasteiger partial charge in [-0.25, -0.2) is 0 Å². The van der Waals surface area contributed by atoms with E-state index in [1.807, 2.05) is 0 Å². The van der Waals surface area contributed by atoms with Crippen LogP contribution in [0.2, 0.25) is 0 Å². The number of hydrogen-bond acceptors (Lipinski definition) is 0. The van der Waals surface area contributed by atoms with Crippen molar-refractivity contribution in [3.05, 3.63) is 0 Å². The predicted octanol–water partition coefficient (Wildman–Crippen LogP) is 6.06. The van der Waals surface area contributed by atoms with Crippen molar-refractivity contribution >= 4 is 0 Å². The fraction of sp³-hybridized carbons (Fsp3) is 1.00. The maximum Gasteiger partial charge on any atom is -0.0210 e.